The SMILES string of the molecule is CC(=O)O[C@H]1CC[C@]2(C)[C@H]3CC=C4[C@@H]5[C@@H](C)[C@H](C)CC[C@]5(C)CC[C@@]4(C)[C@]3(C)CC[C@H]2C1(C)C(=O)O. The molecule has 0 heterocycles. The molecule has 0 aliphatic heterocycles. The molecule has 4 nitrogen and oxygen atoms in total. The number of aliphatic carboxylic acids is 1. The molecule has 202 valence electrons. The predicted octanol–water partition coefficient (Wildman–Crippen LogP) is 7.66. The number of carbonyl (C=O) groups is 2. The Hall–Kier alpha value is -1.32. The van der Waals surface area contributed by atoms with Crippen molar-refractivity contribution in [2.75, 3.05) is 0 Å². The van der Waals surface area contributed by atoms with Crippen LogP contribution >= 0.6 is 0 Å². The van der Waals surface area contributed by atoms with E-state index in [2.05, 4.69) is 47.6 Å². The summed E-state index contributed by atoms with van der Waals surface area (Å²) in [5.41, 5.74) is 1.40. The van der Waals surface area contributed by atoms with Gasteiger partial charge in [0.05, 0.1) is 0 Å². The van der Waals surface area contributed by atoms with Crippen LogP contribution in [0.3, 0.4) is 0 Å². The minimum atomic E-state index is -1.04. The Morgan fingerprint density at radius 3 is 2.25 bits per heavy atom. The third kappa shape index (κ3) is 3.17. The average Bonchev–Trinajstić information content (AvgIpc) is 2.79. The van der Waals surface area contributed by atoms with E-state index in [0.29, 0.717) is 23.7 Å². The lowest BCUT2D eigenvalue weighted by molar-refractivity contribution is -0.223. The zero-order chi connectivity index (χ0) is 26.5. The molecule has 4 heteroatoms. The van der Waals surface area contributed by atoms with Gasteiger partial charge in [-0.2, -0.15) is 0 Å². The molecule has 1 N–H and O–H groups in total. The van der Waals surface area contributed by atoms with Gasteiger partial charge in [-0.25, -0.2) is 0 Å². The third-order valence-electron chi connectivity index (χ3n) is 13.8. The fourth-order valence-corrected chi connectivity index (χ4v) is 11.2. The molecule has 11 atom stereocenters. The van der Waals surface area contributed by atoms with Crippen molar-refractivity contribution in [2.24, 2.45) is 56.7 Å². The third-order valence-corrected chi connectivity index (χ3v) is 13.8. The number of carbonyl (C=O) groups excluding carboxylic acids is 1. The normalized spacial score (nSPS) is 54.2. The van der Waals surface area contributed by atoms with Crippen molar-refractivity contribution in [3.63, 3.8) is 0 Å². The maximum atomic E-state index is 12.9. The number of fused-ring (bicyclic) bond motifs is 7. The van der Waals surface area contributed by atoms with Gasteiger partial charge < -0.3 is 9.84 Å². The van der Waals surface area contributed by atoms with Crippen molar-refractivity contribution >= 4 is 11.9 Å². The highest BCUT2D eigenvalue weighted by Gasteiger charge is 2.70. The summed E-state index contributed by atoms with van der Waals surface area (Å²) >= 11 is 0. The minimum Gasteiger partial charge on any atom is -0.481 e. The number of ether oxygens (including phenoxy) is 1. The molecule has 5 aliphatic carbocycles. The minimum absolute atomic E-state index is 0.0136. The number of esters is 1. The van der Waals surface area contributed by atoms with E-state index in [1.807, 2.05) is 6.92 Å². The molecule has 0 aromatic rings. The highest BCUT2D eigenvalue weighted by atomic mass is 16.5. The van der Waals surface area contributed by atoms with E-state index in [1.165, 1.54) is 32.6 Å². The van der Waals surface area contributed by atoms with Crippen LogP contribution in [0.5, 0.6) is 0 Å². The van der Waals surface area contributed by atoms with Gasteiger partial charge in [0.25, 0.3) is 0 Å². The monoisotopic (exact) mass is 498 g/mol. The van der Waals surface area contributed by atoms with Crippen molar-refractivity contribution in [2.45, 2.75) is 119 Å². The lowest BCUT2D eigenvalue weighted by Gasteiger charge is -2.71. The number of hydrogen-bond donors (Lipinski definition) is 1. The number of allylic oxidation sites excluding steroid dienone is 2. The van der Waals surface area contributed by atoms with Crippen LogP contribution in [-0.2, 0) is 14.3 Å². The van der Waals surface area contributed by atoms with Gasteiger partial charge >= 0.3 is 11.9 Å². The van der Waals surface area contributed by atoms with Gasteiger partial charge in [-0.05, 0) is 116 Å². The van der Waals surface area contributed by atoms with Crippen LogP contribution < -0.4 is 0 Å². The Morgan fingerprint density at radius 2 is 1.61 bits per heavy atom. The fraction of sp³-hybridized carbons (Fsp3) is 0.875. The molecule has 4 saturated carbocycles. The summed E-state index contributed by atoms with van der Waals surface area (Å²) in [7, 11) is 0. The van der Waals surface area contributed by atoms with E-state index < -0.39 is 17.5 Å². The molecule has 0 bridgehead atoms. The van der Waals surface area contributed by atoms with Gasteiger partial charge in [-0.3, -0.25) is 9.59 Å². The van der Waals surface area contributed by atoms with E-state index in [4.69, 9.17) is 4.74 Å². The Morgan fingerprint density at radius 1 is 0.917 bits per heavy atom. The highest BCUT2D eigenvalue weighted by Crippen LogP contribution is 2.75. The fourth-order valence-electron chi connectivity index (χ4n) is 11.2. The number of carboxylic acids is 1. The summed E-state index contributed by atoms with van der Waals surface area (Å²) in [6, 6.07) is 0. The summed E-state index contributed by atoms with van der Waals surface area (Å²) in [6.07, 6.45) is 12.0. The van der Waals surface area contributed by atoms with Gasteiger partial charge in [0.15, 0.2) is 0 Å². The molecule has 0 radical (unpaired) electrons. The lowest BCUT2D eigenvalue weighted by atomic mass is 9.33. The van der Waals surface area contributed by atoms with Crippen molar-refractivity contribution in [1.29, 1.82) is 0 Å². The second-order valence-corrected chi connectivity index (χ2v) is 15.0. The van der Waals surface area contributed by atoms with Crippen LogP contribution in [0.4, 0.5) is 0 Å². The van der Waals surface area contributed by atoms with Gasteiger partial charge in [0.1, 0.15) is 11.5 Å². The lowest BCUT2D eigenvalue weighted by Crippen LogP contribution is -2.66. The first kappa shape index (κ1) is 26.3. The van der Waals surface area contributed by atoms with Crippen LogP contribution in [0.15, 0.2) is 11.6 Å². The highest BCUT2D eigenvalue weighted by molar-refractivity contribution is 5.77. The molecule has 0 saturated heterocycles. The van der Waals surface area contributed by atoms with Crippen molar-refractivity contribution < 1.29 is 19.4 Å². The van der Waals surface area contributed by atoms with Crippen LogP contribution in [0.2, 0.25) is 0 Å². The van der Waals surface area contributed by atoms with E-state index in [9.17, 15) is 14.7 Å². The molecule has 1 unspecified atom stereocenters. The molecule has 0 spiro atoms. The summed E-state index contributed by atoms with van der Waals surface area (Å²) < 4.78 is 5.69. The Bertz CT molecular complexity index is 985. The van der Waals surface area contributed by atoms with Gasteiger partial charge in [0, 0.05) is 6.92 Å². The van der Waals surface area contributed by atoms with Crippen molar-refractivity contribution in [3.05, 3.63) is 11.6 Å². The zero-order valence-electron chi connectivity index (χ0n) is 24.1. The molecule has 36 heavy (non-hydrogen) atoms. The van der Waals surface area contributed by atoms with Crippen molar-refractivity contribution in [3.8, 4) is 0 Å². The number of rotatable bonds is 2. The topological polar surface area (TPSA) is 63.6 Å². The van der Waals surface area contributed by atoms with Crippen LogP contribution in [0.25, 0.3) is 0 Å². The second kappa shape index (κ2) is 8.09. The van der Waals surface area contributed by atoms with Crippen LogP contribution in [0, 0.1) is 56.7 Å². The Balaban J connectivity index is 1.57. The summed E-state index contributed by atoms with van der Waals surface area (Å²) in [5, 5.41) is 10.5. The largest absolute Gasteiger partial charge is 0.481 e. The molecule has 4 fully saturated rings. The molecular formula is C32H50O4. The van der Waals surface area contributed by atoms with Gasteiger partial charge in [0.2, 0.25) is 0 Å². The quantitative estimate of drug-likeness (QED) is 0.313. The molecule has 0 aromatic carbocycles. The van der Waals surface area contributed by atoms with Gasteiger partial charge in [-0.15, -0.1) is 0 Å². The van der Waals surface area contributed by atoms with E-state index >= 15 is 0 Å². The molecule has 5 rings (SSSR count). The van der Waals surface area contributed by atoms with E-state index in [1.54, 1.807) is 5.57 Å². The summed E-state index contributed by atoms with van der Waals surface area (Å²) in [6.45, 7) is 18.4. The average molecular weight is 499 g/mol. The maximum Gasteiger partial charge on any atom is 0.313 e. The van der Waals surface area contributed by atoms with E-state index in [0.717, 1.165) is 37.5 Å². The summed E-state index contributed by atoms with van der Waals surface area (Å²) in [5.74, 6) is 1.47. The van der Waals surface area contributed by atoms with Crippen LogP contribution in [0.1, 0.15) is 113 Å². The Labute approximate surface area is 219 Å². The smallest absolute Gasteiger partial charge is 0.313 e. The first-order chi connectivity index (χ1) is 16.6. The zero-order valence-corrected chi connectivity index (χ0v) is 24.1. The molecular weight excluding hydrogens is 448 g/mol. The Kier molecular flexibility index (Phi) is 5.91. The summed E-state index contributed by atoms with van der Waals surface area (Å²) in [4.78, 5) is 24.8. The first-order valence-electron chi connectivity index (χ1n) is 14.8. The van der Waals surface area contributed by atoms with Crippen molar-refractivity contribution in [1.82, 2.24) is 0 Å². The number of hydrogen-bond acceptors (Lipinski definition) is 3. The molecule has 0 aromatic heterocycles. The van der Waals surface area contributed by atoms with Gasteiger partial charge in [-0.1, -0.05) is 53.2 Å². The standard InChI is InChI=1S/C32H50O4/c1-19-11-14-28(4)17-18-30(6)22(26(28)20(19)2)9-10-23-29(5)15-13-25(36-21(3)33)32(8,27(34)35)24(29)12-16-31(23,30)7/h9,19-20,23-26H,10-18H2,1-8H3,(H,34,35)/t19-,20+,23-,24-,25+,26+,28-,29-,30-,31-,32?/m1/s1. The number of carboxylic acid groups (broad SMARTS) is 1. The first-order valence-corrected chi connectivity index (χ1v) is 14.8. The molecule has 5 aliphatic rings. The van der Waals surface area contributed by atoms with E-state index in [-0.39, 0.29) is 28.1 Å². The predicted molar refractivity (Wildman–Crippen MR) is 142 cm³/mol. The molecule has 0 amide bonds. The van der Waals surface area contributed by atoms with Crippen LogP contribution in [-0.4, -0.2) is 23.1 Å². The maximum absolute atomic E-state index is 12.9. The second-order valence-electron chi connectivity index (χ2n) is 15.0.